The van der Waals surface area contributed by atoms with Crippen LogP contribution in [0.15, 0.2) is 36.4 Å². The van der Waals surface area contributed by atoms with Gasteiger partial charge >= 0.3 is 0 Å². The third-order valence-corrected chi connectivity index (χ3v) is 7.64. The summed E-state index contributed by atoms with van der Waals surface area (Å²) in [6, 6.07) is 7.09. The molecule has 0 radical (unpaired) electrons. The molecule has 4 atom stereocenters. The number of nitro groups is 1. The Bertz CT molecular complexity index is 1300. The molecule has 9 nitrogen and oxygen atoms in total. The monoisotopic (exact) mass is 470 g/mol. The molecule has 2 aromatic rings. The highest BCUT2D eigenvalue weighted by molar-refractivity contribution is 6.36. The summed E-state index contributed by atoms with van der Waals surface area (Å²) in [6.07, 6.45) is 1.34. The van der Waals surface area contributed by atoms with E-state index >= 15 is 0 Å². The average molecular weight is 471 g/mol. The van der Waals surface area contributed by atoms with E-state index in [1.165, 1.54) is 30.3 Å². The molecular weight excluding hydrogens is 455 g/mol. The van der Waals surface area contributed by atoms with Crippen molar-refractivity contribution < 1.29 is 23.7 Å². The Kier molecular flexibility index (Phi) is 4.04. The zero-order valence-electron chi connectivity index (χ0n) is 17.0. The number of fused-ring (bicyclic) bond motifs is 7. The second kappa shape index (κ2) is 6.58. The van der Waals surface area contributed by atoms with Crippen molar-refractivity contribution in [1.82, 2.24) is 4.90 Å². The summed E-state index contributed by atoms with van der Waals surface area (Å²) >= 11 is 6.24. The van der Waals surface area contributed by atoms with Crippen LogP contribution in [0, 0.1) is 27.8 Å². The van der Waals surface area contributed by atoms with Crippen molar-refractivity contribution in [2.75, 3.05) is 16.8 Å². The number of carbonyl (C=O) groups is 3. The van der Waals surface area contributed by atoms with Crippen LogP contribution in [0.3, 0.4) is 0 Å². The third kappa shape index (κ3) is 2.37. The summed E-state index contributed by atoms with van der Waals surface area (Å²) in [4.78, 5) is 54.2. The summed E-state index contributed by atoms with van der Waals surface area (Å²) in [5.41, 5.74) is -0.979. The fraction of sp³-hybridized carbons (Fsp3) is 0.318. The summed E-state index contributed by atoms with van der Waals surface area (Å²) in [7, 11) is 0. The topological polar surface area (TPSA) is 113 Å². The molecular formula is C22H16ClFN4O5. The number of nitrogens with one attached hydrogen (secondary N) is 1. The van der Waals surface area contributed by atoms with Crippen LogP contribution < -0.4 is 10.2 Å². The molecule has 33 heavy (non-hydrogen) atoms. The number of nitrogens with zero attached hydrogens (tertiary/aromatic N) is 3. The summed E-state index contributed by atoms with van der Waals surface area (Å²) in [6.45, 7) is 0.500. The number of imide groups is 1. The first-order valence-electron chi connectivity index (χ1n) is 10.5. The van der Waals surface area contributed by atoms with E-state index in [-0.39, 0.29) is 22.4 Å². The molecule has 4 aliphatic heterocycles. The Morgan fingerprint density at radius 2 is 1.94 bits per heavy atom. The Hall–Kier alpha value is -3.37. The van der Waals surface area contributed by atoms with Gasteiger partial charge in [0.1, 0.15) is 11.4 Å². The Labute approximate surface area is 191 Å². The molecule has 0 saturated carbocycles. The first-order chi connectivity index (χ1) is 15.8. The van der Waals surface area contributed by atoms with Crippen LogP contribution >= 0.6 is 11.6 Å². The van der Waals surface area contributed by atoms with E-state index in [1.807, 2.05) is 4.90 Å². The van der Waals surface area contributed by atoms with Gasteiger partial charge in [0.2, 0.25) is 17.7 Å². The van der Waals surface area contributed by atoms with E-state index in [2.05, 4.69) is 5.32 Å². The predicted molar refractivity (Wildman–Crippen MR) is 114 cm³/mol. The van der Waals surface area contributed by atoms with Gasteiger partial charge in [-0.2, -0.15) is 0 Å². The Balaban J connectivity index is 1.53. The van der Waals surface area contributed by atoms with Gasteiger partial charge in [0.25, 0.3) is 5.69 Å². The number of rotatable bonds is 2. The zero-order chi connectivity index (χ0) is 23.2. The van der Waals surface area contributed by atoms with E-state index in [0.29, 0.717) is 24.2 Å². The summed E-state index contributed by atoms with van der Waals surface area (Å²) in [5.74, 6) is -4.01. The standard InChI is InChI=1S/C22H16ClFN4O5/c23-13-9-11(28(32)33)4-6-15(13)27-19(29)17-16-2-1-7-26(16)22(18(17)20(27)30)12-8-10(24)3-5-14(12)25-21(22)31/h3-6,8-9,16-18H,1-2,7H2,(H,25,31)/t16-,17+,18+,22+/m0/s1. The van der Waals surface area contributed by atoms with Crippen LogP contribution in [0.2, 0.25) is 5.02 Å². The quantitative estimate of drug-likeness (QED) is 0.410. The Morgan fingerprint density at radius 1 is 1.15 bits per heavy atom. The Morgan fingerprint density at radius 3 is 2.67 bits per heavy atom. The molecule has 0 unspecified atom stereocenters. The van der Waals surface area contributed by atoms with E-state index < -0.39 is 45.8 Å². The first-order valence-corrected chi connectivity index (χ1v) is 10.8. The molecule has 1 spiro atoms. The van der Waals surface area contributed by atoms with Crippen LogP contribution in [0.1, 0.15) is 18.4 Å². The molecule has 3 fully saturated rings. The van der Waals surface area contributed by atoms with E-state index in [0.717, 1.165) is 17.4 Å². The molecule has 0 aromatic heterocycles. The maximum atomic E-state index is 14.3. The van der Waals surface area contributed by atoms with E-state index in [1.54, 1.807) is 0 Å². The van der Waals surface area contributed by atoms with Gasteiger partial charge in [0.05, 0.1) is 27.5 Å². The van der Waals surface area contributed by atoms with Crippen molar-refractivity contribution in [1.29, 1.82) is 0 Å². The number of nitro benzene ring substituents is 1. The average Bonchev–Trinajstić information content (AvgIpc) is 3.47. The number of hydrogen-bond donors (Lipinski definition) is 1. The number of non-ortho nitro benzene ring substituents is 1. The number of halogens is 2. The lowest BCUT2D eigenvalue weighted by molar-refractivity contribution is -0.384. The third-order valence-electron chi connectivity index (χ3n) is 7.34. The number of carbonyl (C=O) groups excluding carboxylic acids is 3. The lowest BCUT2D eigenvalue weighted by Gasteiger charge is -2.36. The lowest BCUT2D eigenvalue weighted by Crippen LogP contribution is -2.54. The normalized spacial score (nSPS) is 30.1. The zero-order valence-corrected chi connectivity index (χ0v) is 17.7. The maximum Gasteiger partial charge on any atom is 0.271 e. The molecule has 3 saturated heterocycles. The fourth-order valence-corrected chi connectivity index (χ4v) is 6.46. The highest BCUT2D eigenvalue weighted by Crippen LogP contribution is 2.61. The van der Waals surface area contributed by atoms with Crippen LogP contribution in [-0.2, 0) is 19.9 Å². The van der Waals surface area contributed by atoms with Gasteiger partial charge in [-0.05, 0) is 43.7 Å². The van der Waals surface area contributed by atoms with E-state index in [9.17, 15) is 28.9 Å². The number of benzene rings is 2. The van der Waals surface area contributed by atoms with Crippen molar-refractivity contribution in [2.24, 2.45) is 11.8 Å². The number of hydrogen-bond acceptors (Lipinski definition) is 6. The molecule has 4 heterocycles. The largest absolute Gasteiger partial charge is 0.324 e. The number of amides is 3. The minimum atomic E-state index is -1.50. The van der Waals surface area contributed by atoms with Gasteiger partial charge in [-0.25, -0.2) is 9.29 Å². The van der Waals surface area contributed by atoms with Gasteiger partial charge in [0.15, 0.2) is 0 Å². The molecule has 6 rings (SSSR count). The van der Waals surface area contributed by atoms with Crippen LogP contribution in [0.4, 0.5) is 21.5 Å². The van der Waals surface area contributed by atoms with Crippen LogP contribution in [-0.4, -0.2) is 40.1 Å². The smallest absolute Gasteiger partial charge is 0.271 e. The molecule has 168 valence electrons. The molecule has 11 heteroatoms. The minimum absolute atomic E-state index is 0.0317. The van der Waals surface area contributed by atoms with Crippen molar-refractivity contribution in [3.8, 4) is 0 Å². The minimum Gasteiger partial charge on any atom is -0.324 e. The van der Waals surface area contributed by atoms with Gasteiger partial charge in [-0.3, -0.25) is 29.4 Å². The molecule has 1 N–H and O–H groups in total. The first kappa shape index (κ1) is 20.3. The summed E-state index contributed by atoms with van der Waals surface area (Å²) in [5, 5.41) is 13.7. The fourth-order valence-electron chi connectivity index (χ4n) is 6.20. The van der Waals surface area contributed by atoms with Crippen molar-refractivity contribution >= 4 is 46.4 Å². The maximum absolute atomic E-state index is 14.3. The second-order valence-electron chi connectivity index (χ2n) is 8.72. The van der Waals surface area contributed by atoms with Gasteiger partial charge in [0, 0.05) is 29.4 Å². The van der Waals surface area contributed by atoms with Crippen molar-refractivity contribution in [3.05, 3.63) is 62.9 Å². The van der Waals surface area contributed by atoms with Crippen molar-refractivity contribution in [2.45, 2.75) is 24.4 Å². The summed E-state index contributed by atoms with van der Waals surface area (Å²) < 4.78 is 14.3. The number of anilines is 2. The predicted octanol–water partition coefficient (Wildman–Crippen LogP) is 2.82. The van der Waals surface area contributed by atoms with Gasteiger partial charge in [-0.1, -0.05) is 11.6 Å². The van der Waals surface area contributed by atoms with Gasteiger partial charge < -0.3 is 5.32 Å². The second-order valence-corrected chi connectivity index (χ2v) is 9.13. The molecule has 0 aliphatic carbocycles. The van der Waals surface area contributed by atoms with Crippen molar-refractivity contribution in [3.63, 3.8) is 0 Å². The lowest BCUT2D eigenvalue weighted by atomic mass is 9.75. The van der Waals surface area contributed by atoms with Gasteiger partial charge in [-0.15, -0.1) is 0 Å². The molecule has 4 aliphatic rings. The molecule has 0 bridgehead atoms. The molecule has 2 aromatic carbocycles. The van der Waals surface area contributed by atoms with Crippen LogP contribution in [0.25, 0.3) is 0 Å². The SMILES string of the molecule is O=C1[C@@H]2[C@@H]3CCCN3[C@@]3(C(=O)Nc4ccc(F)cc43)[C@H]2C(=O)N1c1ccc([N+](=O)[O-])cc1Cl. The van der Waals surface area contributed by atoms with E-state index in [4.69, 9.17) is 11.6 Å². The highest BCUT2D eigenvalue weighted by Gasteiger charge is 2.74. The highest BCUT2D eigenvalue weighted by atomic mass is 35.5. The molecule has 3 amide bonds. The van der Waals surface area contributed by atoms with Crippen LogP contribution in [0.5, 0.6) is 0 Å².